The number of unbranched alkanes of at least 4 members (excludes halogenated alkanes) is 62. The van der Waals surface area contributed by atoms with Crippen LogP contribution in [-0.4, -0.2) is 73.4 Å². The summed E-state index contributed by atoms with van der Waals surface area (Å²) in [5.74, 6) is -0.131. The topological polar surface area (TPSA) is 105 Å². The van der Waals surface area contributed by atoms with Gasteiger partial charge in [0.25, 0.3) is 0 Å². The lowest BCUT2D eigenvalue weighted by Crippen LogP contribution is -2.46. The van der Waals surface area contributed by atoms with Crippen LogP contribution in [0.15, 0.2) is 0 Å². The van der Waals surface area contributed by atoms with Crippen LogP contribution in [0.25, 0.3) is 0 Å². The van der Waals surface area contributed by atoms with Gasteiger partial charge in [0.1, 0.15) is 13.2 Å². The van der Waals surface area contributed by atoms with E-state index in [0.29, 0.717) is 23.9 Å². The minimum absolute atomic E-state index is 0.0796. The normalized spacial score (nSPS) is 13.4. The zero-order chi connectivity index (χ0) is 62.6. The van der Waals surface area contributed by atoms with Crippen molar-refractivity contribution in [3.8, 4) is 0 Å². The highest BCUT2D eigenvalue weighted by Gasteiger charge is 2.28. The largest absolute Gasteiger partial charge is 0.472 e. The molecular weight excluding hydrogens is 1080 g/mol. The van der Waals surface area contributed by atoms with Crippen molar-refractivity contribution in [2.24, 2.45) is 0 Å². The van der Waals surface area contributed by atoms with Crippen molar-refractivity contribution in [1.82, 2.24) is 5.32 Å². The lowest BCUT2D eigenvalue weighted by molar-refractivity contribution is -0.870. The van der Waals surface area contributed by atoms with Gasteiger partial charge in [-0.2, -0.15) is 0 Å². The third-order valence-electron chi connectivity index (χ3n) is 18.9. The highest BCUT2D eigenvalue weighted by atomic mass is 31.2. The molecule has 86 heavy (non-hydrogen) atoms. The lowest BCUT2D eigenvalue weighted by Gasteiger charge is -2.26. The number of hydrogen-bond donors (Lipinski definition) is 3. The molecule has 8 nitrogen and oxygen atoms in total. The number of aliphatic hydroxyl groups is 1. The van der Waals surface area contributed by atoms with Crippen LogP contribution in [0.1, 0.15) is 438 Å². The summed E-state index contributed by atoms with van der Waals surface area (Å²) in [6.07, 6.45) is 88.2. The summed E-state index contributed by atoms with van der Waals surface area (Å²) in [6.45, 7) is 4.98. The van der Waals surface area contributed by atoms with E-state index >= 15 is 0 Å². The van der Waals surface area contributed by atoms with Crippen LogP contribution in [0, 0.1) is 0 Å². The molecule has 0 aliphatic rings. The van der Waals surface area contributed by atoms with Crippen molar-refractivity contribution < 1.29 is 32.9 Å². The van der Waals surface area contributed by atoms with Crippen LogP contribution in [0.3, 0.4) is 0 Å². The molecule has 0 heterocycles. The van der Waals surface area contributed by atoms with Crippen LogP contribution >= 0.6 is 7.82 Å². The zero-order valence-electron chi connectivity index (χ0n) is 59.4. The van der Waals surface area contributed by atoms with Crippen LogP contribution < -0.4 is 5.32 Å². The SMILES string of the molecule is CCCCCCCCCCCCCCCCCCCCCCCCCCCCCCCCCCC(=O)NC(COP(=O)(O)OCC[N+](C)(C)C)C(O)CCCCCCCCCCCCCCCCCCCCCCCCCCCCCCCCCC. The molecule has 1 amide bonds. The Morgan fingerprint density at radius 3 is 0.779 bits per heavy atom. The summed E-state index contributed by atoms with van der Waals surface area (Å²) in [5.41, 5.74) is 0. The second kappa shape index (κ2) is 68.9. The number of phosphoric acid groups is 1. The van der Waals surface area contributed by atoms with Crippen LogP contribution in [0.2, 0.25) is 0 Å². The van der Waals surface area contributed by atoms with Gasteiger partial charge >= 0.3 is 7.82 Å². The third kappa shape index (κ3) is 70.9. The summed E-state index contributed by atoms with van der Waals surface area (Å²) < 4.78 is 24.0. The van der Waals surface area contributed by atoms with Gasteiger partial charge < -0.3 is 19.8 Å². The van der Waals surface area contributed by atoms with E-state index in [2.05, 4.69) is 19.2 Å². The van der Waals surface area contributed by atoms with Gasteiger partial charge in [0.15, 0.2) is 0 Å². The molecule has 0 aromatic rings. The van der Waals surface area contributed by atoms with Crippen molar-refractivity contribution in [3.63, 3.8) is 0 Å². The van der Waals surface area contributed by atoms with Crippen LogP contribution in [-0.2, 0) is 18.4 Å². The average molecular weight is 1240 g/mol. The molecular formula is C77H158N2O6P+. The molecule has 0 saturated carbocycles. The van der Waals surface area contributed by atoms with Gasteiger partial charge in [-0.25, -0.2) is 4.57 Å². The Balaban J connectivity index is 3.91. The number of hydrogen-bond acceptors (Lipinski definition) is 5. The van der Waals surface area contributed by atoms with Gasteiger partial charge in [-0.1, -0.05) is 418 Å². The minimum atomic E-state index is -4.33. The molecule has 0 radical (unpaired) electrons. The number of carbonyl (C=O) groups excluding carboxylic acids is 1. The van der Waals surface area contributed by atoms with Gasteiger partial charge in [-0.05, 0) is 12.8 Å². The van der Waals surface area contributed by atoms with Gasteiger partial charge in [0.05, 0.1) is 39.9 Å². The molecule has 0 rings (SSSR count). The Bertz CT molecular complexity index is 1360. The Labute approximate surface area is 540 Å². The van der Waals surface area contributed by atoms with E-state index in [1.165, 1.54) is 372 Å². The maximum atomic E-state index is 13.1. The molecule has 0 aromatic heterocycles. The Morgan fingerprint density at radius 1 is 0.349 bits per heavy atom. The highest BCUT2D eigenvalue weighted by molar-refractivity contribution is 7.47. The van der Waals surface area contributed by atoms with Crippen molar-refractivity contribution >= 4 is 13.7 Å². The molecule has 0 spiro atoms. The predicted molar refractivity (Wildman–Crippen MR) is 379 cm³/mol. The Kier molecular flexibility index (Phi) is 68.5. The molecule has 0 saturated heterocycles. The number of likely N-dealkylation sites (N-methyl/N-ethyl adjacent to an activating group) is 1. The molecule has 0 fully saturated rings. The van der Waals surface area contributed by atoms with Crippen molar-refractivity contribution in [3.05, 3.63) is 0 Å². The number of phosphoric ester groups is 1. The predicted octanol–water partition coefficient (Wildman–Crippen LogP) is 25.5. The number of aliphatic hydroxyl groups excluding tert-OH is 1. The second-order valence-corrected chi connectivity index (χ2v) is 30.3. The summed E-state index contributed by atoms with van der Waals surface area (Å²) in [5, 5.41) is 14.2. The lowest BCUT2D eigenvalue weighted by atomic mass is 10.0. The number of rotatable bonds is 75. The standard InChI is InChI=1S/C77H157N2O6P/c1-6-8-10-12-14-16-18-20-22-24-26-28-30-32-34-36-38-40-42-44-46-48-50-52-54-56-58-60-62-64-66-68-70-76(80)75(74-85-86(82,83)84-73-72-79(3,4)5)78-77(81)71-69-67-65-63-61-59-57-55-53-51-49-47-45-43-41-39-37-35-33-31-29-27-25-23-21-19-17-15-13-11-9-7-2/h75-76,80H,6-74H2,1-5H3,(H-,78,81,82,83)/p+1. The molecule has 0 aliphatic heterocycles. The summed E-state index contributed by atoms with van der Waals surface area (Å²) >= 11 is 0. The molecule has 3 unspecified atom stereocenters. The van der Waals surface area contributed by atoms with E-state index in [9.17, 15) is 19.4 Å². The number of amides is 1. The zero-order valence-corrected chi connectivity index (χ0v) is 60.3. The van der Waals surface area contributed by atoms with Crippen molar-refractivity contribution in [2.45, 2.75) is 450 Å². The highest BCUT2D eigenvalue weighted by Crippen LogP contribution is 2.43. The van der Waals surface area contributed by atoms with Crippen molar-refractivity contribution in [1.29, 1.82) is 0 Å². The fourth-order valence-electron chi connectivity index (χ4n) is 12.8. The molecule has 0 bridgehead atoms. The Hall–Kier alpha value is -0.500. The average Bonchev–Trinajstić information content (AvgIpc) is 3.70. The molecule has 0 aliphatic carbocycles. The van der Waals surface area contributed by atoms with Crippen molar-refractivity contribution in [2.75, 3.05) is 40.9 Å². The van der Waals surface area contributed by atoms with E-state index in [-0.39, 0.29) is 19.1 Å². The smallest absolute Gasteiger partial charge is 0.391 e. The second-order valence-electron chi connectivity index (χ2n) is 28.8. The fraction of sp³-hybridized carbons (Fsp3) is 0.987. The van der Waals surface area contributed by atoms with Gasteiger partial charge in [-0.15, -0.1) is 0 Å². The molecule has 516 valence electrons. The van der Waals surface area contributed by atoms with Gasteiger partial charge in [0, 0.05) is 6.42 Å². The molecule has 9 heteroatoms. The minimum Gasteiger partial charge on any atom is -0.391 e. The molecule has 3 N–H and O–H groups in total. The quantitative estimate of drug-likeness (QED) is 0.0318. The number of carbonyl (C=O) groups is 1. The first-order valence-electron chi connectivity index (χ1n) is 39.4. The van der Waals surface area contributed by atoms with E-state index in [1.807, 2.05) is 21.1 Å². The van der Waals surface area contributed by atoms with E-state index in [1.54, 1.807) is 0 Å². The monoisotopic (exact) mass is 1240 g/mol. The van der Waals surface area contributed by atoms with Crippen LogP contribution in [0.4, 0.5) is 0 Å². The number of quaternary nitrogens is 1. The first kappa shape index (κ1) is 85.5. The fourth-order valence-corrected chi connectivity index (χ4v) is 13.5. The number of nitrogens with zero attached hydrogens (tertiary/aromatic N) is 1. The molecule has 3 atom stereocenters. The summed E-state index contributed by atoms with van der Waals surface area (Å²) in [6, 6.07) is -0.758. The maximum absolute atomic E-state index is 13.1. The van der Waals surface area contributed by atoms with Gasteiger partial charge in [-0.3, -0.25) is 13.8 Å². The first-order valence-corrected chi connectivity index (χ1v) is 40.9. The molecule has 0 aromatic carbocycles. The summed E-state index contributed by atoms with van der Waals surface area (Å²) in [7, 11) is 1.65. The summed E-state index contributed by atoms with van der Waals surface area (Å²) in [4.78, 5) is 23.5. The Morgan fingerprint density at radius 2 is 0.558 bits per heavy atom. The van der Waals surface area contributed by atoms with Crippen LogP contribution in [0.5, 0.6) is 0 Å². The van der Waals surface area contributed by atoms with E-state index < -0.39 is 20.0 Å². The maximum Gasteiger partial charge on any atom is 0.472 e. The van der Waals surface area contributed by atoms with Gasteiger partial charge in [0.2, 0.25) is 5.91 Å². The van der Waals surface area contributed by atoms with E-state index in [4.69, 9.17) is 9.05 Å². The number of nitrogens with one attached hydrogen (secondary N) is 1. The van der Waals surface area contributed by atoms with E-state index in [0.717, 1.165) is 38.5 Å². The first-order chi connectivity index (χ1) is 42.0. The third-order valence-corrected chi connectivity index (χ3v) is 19.8.